The quantitative estimate of drug-likeness (QED) is 0.150. The number of phenolic OH excluding ortho intramolecular Hbond substituents is 1. The highest BCUT2D eigenvalue weighted by Gasteiger charge is 2.30. The number of amides is 2. The van der Waals surface area contributed by atoms with Crippen molar-refractivity contribution in [3.8, 4) is 5.75 Å². The Morgan fingerprint density at radius 3 is 2.53 bits per heavy atom. The average molecular weight is 589 g/mol. The minimum Gasteiger partial charge on any atom is -0.507 e. The molecule has 1 saturated carbocycles. The second-order valence-corrected chi connectivity index (χ2v) is 11.7. The van der Waals surface area contributed by atoms with Crippen LogP contribution in [-0.4, -0.2) is 77.7 Å². The number of aryl methyl sites for hydroxylation is 1. The van der Waals surface area contributed by atoms with Gasteiger partial charge < -0.3 is 34.6 Å². The van der Waals surface area contributed by atoms with Gasteiger partial charge in [-0.05, 0) is 56.8 Å². The molecule has 6 rings (SSSR count). The normalized spacial score (nSPS) is 17.9. The van der Waals surface area contributed by atoms with Gasteiger partial charge in [0.05, 0.1) is 11.4 Å². The maximum Gasteiger partial charge on any atom is 0.277 e. The van der Waals surface area contributed by atoms with Gasteiger partial charge in [0.1, 0.15) is 18.2 Å². The molecule has 2 amide bonds. The fraction of sp³-hybridized carbons (Fsp3) is 0.469. The molecular formula is C32H40N6O5. The van der Waals surface area contributed by atoms with Crippen molar-refractivity contribution in [3.05, 3.63) is 65.4 Å². The van der Waals surface area contributed by atoms with E-state index in [1.165, 1.54) is 17.5 Å². The van der Waals surface area contributed by atoms with E-state index in [0.29, 0.717) is 56.3 Å². The van der Waals surface area contributed by atoms with Crippen LogP contribution in [0.1, 0.15) is 71.8 Å². The monoisotopic (exact) mass is 588 g/mol. The van der Waals surface area contributed by atoms with Crippen LogP contribution < -0.4 is 20.4 Å². The predicted octanol–water partition coefficient (Wildman–Crippen LogP) is 3.74. The Bertz CT molecular complexity index is 1460. The van der Waals surface area contributed by atoms with Gasteiger partial charge in [0.2, 0.25) is 5.91 Å². The van der Waals surface area contributed by atoms with Gasteiger partial charge in [-0.1, -0.05) is 18.2 Å². The first-order chi connectivity index (χ1) is 20.9. The lowest BCUT2D eigenvalue weighted by atomic mass is 10.1. The number of rotatable bonds is 11. The number of likely N-dealkylation sites (tertiary alicyclic amines) is 1. The first kappa shape index (κ1) is 29.0. The third kappa shape index (κ3) is 6.62. The summed E-state index contributed by atoms with van der Waals surface area (Å²) in [5.41, 5.74) is 4.02. The highest BCUT2D eigenvalue weighted by Crippen LogP contribution is 2.40. The van der Waals surface area contributed by atoms with Crippen molar-refractivity contribution in [1.82, 2.24) is 15.2 Å². The lowest BCUT2D eigenvalue weighted by molar-refractivity contribution is -0.127. The largest absolute Gasteiger partial charge is 0.507 e. The zero-order valence-corrected chi connectivity index (χ0v) is 24.6. The van der Waals surface area contributed by atoms with Gasteiger partial charge >= 0.3 is 0 Å². The van der Waals surface area contributed by atoms with E-state index in [1.807, 2.05) is 17.0 Å². The molecule has 3 aromatic rings. The smallest absolute Gasteiger partial charge is 0.277 e. The van der Waals surface area contributed by atoms with Gasteiger partial charge in [-0.2, -0.15) is 0 Å². The van der Waals surface area contributed by atoms with Crippen LogP contribution in [0.3, 0.4) is 0 Å². The summed E-state index contributed by atoms with van der Waals surface area (Å²) in [7, 11) is 0. The molecular weight excluding hydrogens is 548 g/mol. The second-order valence-electron chi connectivity index (χ2n) is 11.7. The van der Waals surface area contributed by atoms with Crippen molar-refractivity contribution in [3.63, 3.8) is 0 Å². The van der Waals surface area contributed by atoms with Crippen LogP contribution in [0.5, 0.6) is 5.75 Å². The number of nitrogens with one attached hydrogen (secondary N) is 2. The summed E-state index contributed by atoms with van der Waals surface area (Å²) < 4.78 is 5.53. The van der Waals surface area contributed by atoms with E-state index in [1.54, 1.807) is 12.1 Å². The van der Waals surface area contributed by atoms with Crippen LogP contribution in [0.4, 0.5) is 17.1 Å². The Morgan fingerprint density at radius 2 is 1.84 bits per heavy atom. The minimum atomic E-state index is -1.16. The number of hydrogen-bond acceptors (Lipinski definition) is 9. The fourth-order valence-electron chi connectivity index (χ4n) is 5.94. The van der Waals surface area contributed by atoms with E-state index in [4.69, 9.17) is 4.42 Å². The van der Waals surface area contributed by atoms with Crippen LogP contribution >= 0.6 is 0 Å². The summed E-state index contributed by atoms with van der Waals surface area (Å²) in [5.74, 6) is 0.558. The van der Waals surface area contributed by atoms with Crippen LogP contribution in [0.2, 0.25) is 0 Å². The number of benzene rings is 2. The Morgan fingerprint density at radius 1 is 1.09 bits per heavy atom. The van der Waals surface area contributed by atoms with Gasteiger partial charge in [0.25, 0.3) is 5.91 Å². The predicted molar refractivity (Wildman–Crippen MR) is 164 cm³/mol. The molecule has 2 aliphatic heterocycles. The highest BCUT2D eigenvalue weighted by atomic mass is 16.3. The topological polar surface area (TPSA) is 134 Å². The molecule has 4 N–H and O–H groups in total. The van der Waals surface area contributed by atoms with Crippen molar-refractivity contribution < 1.29 is 24.2 Å². The number of phenols is 1. The van der Waals surface area contributed by atoms with Crippen LogP contribution in [0, 0.1) is 6.92 Å². The molecule has 0 bridgehead atoms. The Balaban J connectivity index is 1.18. The minimum absolute atomic E-state index is 0.0680. The molecule has 1 atom stereocenters. The van der Waals surface area contributed by atoms with Crippen molar-refractivity contribution >= 4 is 28.9 Å². The molecule has 1 aliphatic carbocycles. The fourth-order valence-corrected chi connectivity index (χ4v) is 5.94. The first-order valence-corrected chi connectivity index (χ1v) is 15.3. The number of nitrogens with zero attached hydrogens (tertiary/aromatic N) is 4. The van der Waals surface area contributed by atoms with Crippen molar-refractivity contribution in [2.24, 2.45) is 0 Å². The van der Waals surface area contributed by atoms with E-state index in [2.05, 4.69) is 44.5 Å². The number of aliphatic hydroxyl groups excluding tert-OH is 1. The van der Waals surface area contributed by atoms with Crippen molar-refractivity contribution in [2.45, 2.75) is 51.2 Å². The number of aliphatic hydroxyl groups is 1. The molecule has 228 valence electrons. The number of carbonyl (C=O) groups excluding carboxylic acids is 2. The zero-order valence-electron chi connectivity index (χ0n) is 24.6. The summed E-state index contributed by atoms with van der Waals surface area (Å²) in [6.07, 6.45) is 4.41. The molecule has 1 unspecified atom stereocenters. The number of aromatic hydroxyl groups is 1. The molecule has 3 aliphatic rings. The van der Waals surface area contributed by atoms with Crippen molar-refractivity contribution in [1.29, 1.82) is 0 Å². The third-order valence-corrected chi connectivity index (χ3v) is 8.56. The Labute approximate surface area is 251 Å². The van der Waals surface area contributed by atoms with Gasteiger partial charge in [-0.3, -0.25) is 14.9 Å². The van der Waals surface area contributed by atoms with Crippen LogP contribution in [-0.2, 0) is 4.79 Å². The average Bonchev–Trinajstić information content (AvgIpc) is 3.59. The number of oxazole rings is 1. The molecule has 43 heavy (non-hydrogen) atoms. The maximum absolute atomic E-state index is 13.3. The van der Waals surface area contributed by atoms with E-state index < -0.39 is 12.1 Å². The molecule has 2 aromatic carbocycles. The number of anilines is 3. The third-order valence-electron chi connectivity index (χ3n) is 8.56. The first-order valence-electron chi connectivity index (χ1n) is 15.3. The second kappa shape index (κ2) is 12.6. The molecule has 11 nitrogen and oxygen atoms in total. The summed E-state index contributed by atoms with van der Waals surface area (Å²) in [6.45, 7) is 6.88. The molecule has 1 aromatic heterocycles. The molecule has 0 radical (unpaired) electrons. The standard InChI is InChI=1S/C32H40N6O5/c1-21-6-2-3-7-26(21)36-14-16-37(17-15-36)27-19-28(39)23(30(41)33-11-5-13-38-12-4-8-29(38)40)18-24(27)34-31(42)25-20-43-32(35-25)22-9-10-22/h2-3,6-7,18-20,22,30,33,39,41H,4-5,8-17H2,1H3,(H,34,42). The summed E-state index contributed by atoms with van der Waals surface area (Å²) in [6, 6.07) is 11.6. The van der Waals surface area contributed by atoms with Gasteiger partial charge in [-0.15, -0.1) is 0 Å². The molecule has 2 saturated heterocycles. The molecule has 3 heterocycles. The lowest BCUT2D eigenvalue weighted by Gasteiger charge is -2.39. The van der Waals surface area contributed by atoms with E-state index >= 15 is 0 Å². The van der Waals surface area contributed by atoms with Crippen LogP contribution in [0.25, 0.3) is 0 Å². The van der Waals surface area contributed by atoms with Crippen molar-refractivity contribution in [2.75, 3.05) is 60.9 Å². The van der Waals surface area contributed by atoms with Gasteiger partial charge in [0, 0.05) is 68.9 Å². The molecule has 0 spiro atoms. The number of para-hydroxylation sites is 1. The van der Waals surface area contributed by atoms with E-state index in [-0.39, 0.29) is 28.8 Å². The summed E-state index contributed by atoms with van der Waals surface area (Å²) >= 11 is 0. The van der Waals surface area contributed by atoms with E-state index in [9.17, 15) is 19.8 Å². The van der Waals surface area contributed by atoms with Crippen LogP contribution in [0.15, 0.2) is 47.1 Å². The maximum atomic E-state index is 13.3. The summed E-state index contributed by atoms with van der Waals surface area (Å²) in [4.78, 5) is 35.9. The Hall–Kier alpha value is -4.09. The summed E-state index contributed by atoms with van der Waals surface area (Å²) in [5, 5.41) is 28.0. The Kier molecular flexibility index (Phi) is 8.53. The van der Waals surface area contributed by atoms with E-state index in [0.717, 1.165) is 38.9 Å². The number of hydrogen-bond donors (Lipinski definition) is 4. The molecule has 11 heteroatoms. The lowest BCUT2D eigenvalue weighted by Crippen LogP contribution is -2.47. The SMILES string of the molecule is Cc1ccccc1N1CCN(c2cc(O)c(C(O)NCCCN3CCCC3=O)cc2NC(=O)c2coc(C3CC3)n2)CC1. The van der Waals surface area contributed by atoms with Gasteiger partial charge in [-0.25, -0.2) is 4.98 Å². The molecule has 3 fully saturated rings. The number of aromatic nitrogens is 1. The highest BCUT2D eigenvalue weighted by molar-refractivity contribution is 6.04. The number of piperazine rings is 1. The number of carbonyl (C=O) groups is 2. The van der Waals surface area contributed by atoms with Gasteiger partial charge in [0.15, 0.2) is 11.6 Å². The zero-order chi connectivity index (χ0) is 29.9.